The van der Waals surface area contributed by atoms with Crippen LogP contribution in [-0.4, -0.2) is 76.3 Å². The Morgan fingerprint density at radius 3 is 0.944 bits per heavy atom. The van der Waals surface area contributed by atoms with E-state index in [2.05, 4.69) is 43.6 Å². The lowest BCUT2D eigenvalue weighted by molar-refractivity contribution is 0.0993. The minimum absolute atomic E-state index is 0.380. The molecule has 21 heteroatoms. The lowest BCUT2D eigenvalue weighted by Gasteiger charge is -2.17. The van der Waals surface area contributed by atoms with E-state index in [0.717, 1.165) is 126 Å². The molecule has 18 nitrogen and oxygen atoms in total. The topological polar surface area (TPSA) is 260 Å². The smallest absolute Gasteiger partial charge is 0.249 e. The first-order chi connectivity index (χ1) is 43.8. The number of benzene rings is 3. The molecule has 444 valence electrons. The van der Waals surface area contributed by atoms with Gasteiger partial charge < -0.3 is 30.9 Å². The van der Waals surface area contributed by atoms with Gasteiger partial charge in [0.1, 0.15) is 52.0 Å². The third kappa shape index (κ3) is 8.99. The van der Waals surface area contributed by atoms with Gasteiger partial charge in [-0.3, -0.25) is 44.3 Å². The summed E-state index contributed by atoms with van der Waals surface area (Å²) < 4.78 is 47.4. The van der Waals surface area contributed by atoms with Gasteiger partial charge in [0.15, 0.2) is 0 Å². The van der Waals surface area contributed by atoms with Gasteiger partial charge in [0.2, 0.25) is 17.7 Å². The van der Waals surface area contributed by atoms with E-state index < -0.39 is 17.7 Å². The zero-order valence-corrected chi connectivity index (χ0v) is 48.1. The van der Waals surface area contributed by atoms with E-state index in [0.29, 0.717) is 102 Å². The summed E-state index contributed by atoms with van der Waals surface area (Å²) in [5.41, 5.74) is 30.0. The van der Waals surface area contributed by atoms with Gasteiger partial charge in [-0.05, 0) is 149 Å². The van der Waals surface area contributed by atoms with Gasteiger partial charge >= 0.3 is 0 Å². The van der Waals surface area contributed by atoms with Crippen molar-refractivity contribution in [2.45, 2.75) is 93.7 Å². The molecule has 3 aromatic carbocycles. The number of hydrogen-bond donors (Lipinski definition) is 3. The monoisotopic (exact) mass is 1200 g/mol. The van der Waals surface area contributed by atoms with Crippen molar-refractivity contribution in [3.63, 3.8) is 0 Å². The van der Waals surface area contributed by atoms with E-state index in [1.54, 1.807) is 55.0 Å². The lowest BCUT2D eigenvalue weighted by Crippen LogP contribution is -2.12. The first kappa shape index (κ1) is 54.6. The number of carbonyl (C=O) groups is 3. The zero-order chi connectivity index (χ0) is 61.2. The fourth-order valence-corrected chi connectivity index (χ4v) is 15.0. The van der Waals surface area contributed by atoms with Crippen LogP contribution in [-0.2, 0) is 0 Å². The maximum absolute atomic E-state index is 13.5. The van der Waals surface area contributed by atoms with Crippen LogP contribution in [0.2, 0.25) is 0 Å². The van der Waals surface area contributed by atoms with Crippen LogP contribution < -0.4 is 17.2 Å². The van der Waals surface area contributed by atoms with E-state index in [-0.39, 0.29) is 17.5 Å². The molecule has 3 saturated carbocycles. The van der Waals surface area contributed by atoms with Crippen molar-refractivity contribution in [2.24, 2.45) is 17.2 Å². The molecule has 3 amide bonds. The highest BCUT2D eigenvalue weighted by Crippen LogP contribution is 2.55. The summed E-state index contributed by atoms with van der Waals surface area (Å²) in [6.45, 7) is 0. The van der Waals surface area contributed by atoms with Crippen LogP contribution >= 0.6 is 0 Å². The SMILES string of the molecule is NC(=O)c1ccnc2ccc(-c3c(-c4ccc(F)cn4)nc4n3C3CCC4C3)cc12.NC(=O)c1ccnc2ccc(-c3c(-c4ccc(F)cn4)nc4n3[C@@H]3CC[C@H]4C3)cc12.NC(=O)c1ccnc2ccc(-c3c(-c4ccc(F)cn4)nc4n3[C@H]3CC[C@@H]4C3)cc12. The Hall–Kier alpha value is -10.8. The van der Waals surface area contributed by atoms with Gasteiger partial charge in [0, 0.05) is 87.3 Å². The Labute approximate surface area is 511 Å². The maximum atomic E-state index is 13.5. The van der Waals surface area contributed by atoms with Crippen molar-refractivity contribution >= 4 is 50.4 Å². The van der Waals surface area contributed by atoms with Crippen LogP contribution in [0.3, 0.4) is 0 Å². The highest BCUT2D eigenvalue weighted by atomic mass is 19.1. The van der Waals surface area contributed by atoms with E-state index in [9.17, 15) is 27.6 Å². The summed E-state index contributed by atoms with van der Waals surface area (Å²) >= 11 is 0. The molecule has 90 heavy (non-hydrogen) atoms. The Bertz CT molecular complexity index is 4480. The Morgan fingerprint density at radius 1 is 0.378 bits per heavy atom. The van der Waals surface area contributed by atoms with E-state index in [4.69, 9.17) is 32.2 Å². The van der Waals surface area contributed by atoms with Crippen molar-refractivity contribution in [3.05, 3.63) is 198 Å². The molecule has 18 rings (SSSR count). The average molecular weight is 1200 g/mol. The van der Waals surface area contributed by atoms with Gasteiger partial charge in [0.05, 0.1) is 86.0 Å². The molecule has 3 aliphatic carbocycles. The molecule has 9 aromatic heterocycles. The number of carbonyl (C=O) groups excluding carboxylic acids is 3. The molecule has 0 radical (unpaired) electrons. The first-order valence-electron chi connectivity index (χ1n) is 30.1. The molecule has 2 unspecified atom stereocenters. The van der Waals surface area contributed by atoms with Crippen LogP contribution in [0.4, 0.5) is 13.2 Å². The zero-order valence-electron chi connectivity index (χ0n) is 48.1. The van der Waals surface area contributed by atoms with Crippen molar-refractivity contribution in [2.75, 3.05) is 0 Å². The number of amides is 3. The summed E-state index contributed by atoms with van der Waals surface area (Å²) in [6, 6.07) is 32.8. The number of aromatic nitrogens is 12. The molecule has 3 fully saturated rings. The van der Waals surface area contributed by atoms with Crippen LogP contribution in [0, 0.1) is 17.5 Å². The van der Waals surface area contributed by atoms with Gasteiger partial charge in [0.25, 0.3) is 0 Å². The molecule has 0 saturated heterocycles. The van der Waals surface area contributed by atoms with Gasteiger partial charge in [-0.1, -0.05) is 18.2 Å². The van der Waals surface area contributed by atoms with Crippen molar-refractivity contribution in [1.82, 2.24) is 58.6 Å². The van der Waals surface area contributed by atoms with Crippen LogP contribution in [0.15, 0.2) is 146 Å². The summed E-state index contributed by atoms with van der Waals surface area (Å²) in [4.78, 5) is 76.7. The predicted molar refractivity (Wildman–Crippen MR) is 331 cm³/mol. The normalized spacial score (nSPS) is 19.4. The van der Waals surface area contributed by atoms with E-state index in [1.807, 2.05) is 54.6 Å². The number of pyridine rings is 6. The molecular formula is C69H54F3N15O3. The van der Waals surface area contributed by atoms with Crippen molar-refractivity contribution < 1.29 is 27.6 Å². The molecule has 3 aliphatic heterocycles. The van der Waals surface area contributed by atoms with Gasteiger partial charge in [-0.2, -0.15) is 0 Å². The second kappa shape index (κ2) is 21.2. The molecule has 6 atom stereocenters. The van der Waals surface area contributed by atoms with Crippen molar-refractivity contribution in [1.29, 1.82) is 0 Å². The first-order valence-corrected chi connectivity index (χ1v) is 30.1. The van der Waals surface area contributed by atoms with Crippen LogP contribution in [0.25, 0.3) is 101 Å². The van der Waals surface area contributed by atoms with Gasteiger partial charge in [-0.15, -0.1) is 0 Å². The summed E-state index contributed by atoms with van der Waals surface area (Å²) in [5.74, 6) is 1.97. The number of nitrogens with two attached hydrogens (primary N) is 3. The molecule has 6 N–H and O–H groups in total. The lowest BCUT2D eigenvalue weighted by atomic mass is 10.0. The minimum Gasteiger partial charge on any atom is -0.366 e. The fourth-order valence-electron chi connectivity index (χ4n) is 15.0. The van der Waals surface area contributed by atoms with Crippen molar-refractivity contribution in [3.8, 4) is 67.9 Å². The highest BCUT2D eigenvalue weighted by Gasteiger charge is 2.44. The van der Waals surface area contributed by atoms with Gasteiger partial charge in [-0.25, -0.2) is 28.1 Å². The summed E-state index contributed by atoms with van der Waals surface area (Å²) in [6.07, 6.45) is 18.5. The second-order valence-corrected chi connectivity index (χ2v) is 24.1. The molecule has 6 aliphatic rings. The predicted octanol–water partition coefficient (Wildman–Crippen LogP) is 12.7. The number of halogens is 3. The maximum Gasteiger partial charge on any atom is 0.249 e. The van der Waals surface area contributed by atoms with E-state index >= 15 is 0 Å². The molecule has 0 spiro atoms. The summed E-state index contributed by atoms with van der Waals surface area (Å²) in [5, 5.41) is 2.12. The molecule has 12 heterocycles. The highest BCUT2D eigenvalue weighted by molar-refractivity contribution is 6.08. The molecule has 6 bridgehead atoms. The summed E-state index contributed by atoms with van der Waals surface area (Å²) in [7, 11) is 0. The molecule has 12 aromatic rings. The number of fused-ring (bicyclic) bond motifs is 18. The number of primary amides is 3. The average Bonchev–Trinajstić information content (AvgIpc) is 1.59. The van der Waals surface area contributed by atoms with Crippen LogP contribution in [0.1, 0.15) is 142 Å². The number of rotatable bonds is 9. The van der Waals surface area contributed by atoms with Crippen LogP contribution in [0.5, 0.6) is 0 Å². The largest absolute Gasteiger partial charge is 0.366 e. The standard InChI is InChI=1S/3C23H18FN5O/c3*24-14-3-6-19(27-11-14)20-21(29-15-4-1-13(9-15)23(29)28-20)12-2-5-18-17(10-12)16(22(25)30)7-8-26-18/h3*2-3,5-8,10-11,13,15H,1,4,9H2,(H2,25,30)/t2*13-,15+;/m10./s1. The Morgan fingerprint density at radius 2 is 0.678 bits per heavy atom. The number of imidazole rings is 3. The number of hydrogen-bond acceptors (Lipinski definition) is 12. The second-order valence-electron chi connectivity index (χ2n) is 24.1. The minimum atomic E-state index is -0.488. The fraction of sp³-hybridized carbons (Fsp3) is 0.217. The Kier molecular flexibility index (Phi) is 12.9. The third-order valence-electron chi connectivity index (χ3n) is 19.0. The molecular weight excluding hydrogens is 1140 g/mol. The number of nitrogens with zero attached hydrogens (tertiary/aromatic N) is 12. The van der Waals surface area contributed by atoms with E-state index in [1.165, 1.54) is 36.8 Å². The quantitative estimate of drug-likeness (QED) is 0.122. The third-order valence-corrected chi connectivity index (χ3v) is 19.0. The Balaban J connectivity index is 0.000000108.